The van der Waals surface area contributed by atoms with E-state index in [1.54, 1.807) is 30.3 Å². The van der Waals surface area contributed by atoms with Crippen molar-refractivity contribution in [2.75, 3.05) is 4.90 Å². The van der Waals surface area contributed by atoms with Crippen LogP contribution < -0.4 is 10.2 Å². The molecule has 1 saturated carbocycles. The Morgan fingerprint density at radius 1 is 1.09 bits per heavy atom. The number of thiophene rings is 1. The zero-order chi connectivity index (χ0) is 22.5. The molecule has 3 aromatic rings. The number of halogens is 2. The van der Waals surface area contributed by atoms with Crippen molar-refractivity contribution < 1.29 is 14.0 Å². The topological polar surface area (TPSA) is 49.4 Å². The van der Waals surface area contributed by atoms with Gasteiger partial charge in [0.2, 0.25) is 11.8 Å². The smallest absolute Gasteiger partial charge is 0.248 e. The van der Waals surface area contributed by atoms with E-state index in [0.29, 0.717) is 16.3 Å². The highest BCUT2D eigenvalue weighted by Crippen LogP contribution is 2.34. The molecule has 1 heterocycles. The third kappa shape index (κ3) is 5.19. The number of anilines is 1. The Kier molecular flexibility index (Phi) is 7.22. The number of benzene rings is 2. The molecule has 0 radical (unpaired) electrons. The third-order valence-corrected chi connectivity index (χ3v) is 6.89. The van der Waals surface area contributed by atoms with Crippen molar-refractivity contribution >= 4 is 40.4 Å². The number of nitrogens with zero attached hydrogens (tertiary/aromatic N) is 1. The summed E-state index contributed by atoms with van der Waals surface area (Å²) in [5.41, 5.74) is 0.825. The highest BCUT2D eigenvalue weighted by Gasteiger charge is 2.35. The third-order valence-electron chi connectivity index (χ3n) is 5.67. The molecule has 1 aliphatic rings. The fourth-order valence-corrected chi connectivity index (χ4v) is 5.09. The first-order chi connectivity index (χ1) is 15.5. The number of amides is 2. The molecule has 1 fully saturated rings. The highest BCUT2D eigenvalue weighted by atomic mass is 35.5. The van der Waals surface area contributed by atoms with Gasteiger partial charge in [-0.05, 0) is 48.6 Å². The summed E-state index contributed by atoms with van der Waals surface area (Å²) in [7, 11) is 0. The van der Waals surface area contributed by atoms with Crippen LogP contribution in [0.15, 0.2) is 66.0 Å². The molecule has 0 aliphatic heterocycles. The van der Waals surface area contributed by atoms with Gasteiger partial charge in [-0.2, -0.15) is 0 Å². The Hall–Kier alpha value is -2.70. The van der Waals surface area contributed by atoms with Crippen LogP contribution in [0.5, 0.6) is 0 Å². The minimum Gasteiger partial charge on any atom is -0.351 e. The predicted octanol–water partition coefficient (Wildman–Crippen LogP) is 5.92. The van der Waals surface area contributed by atoms with Crippen LogP contribution in [0.3, 0.4) is 0 Å². The van der Waals surface area contributed by atoms with Crippen LogP contribution in [0.25, 0.3) is 0 Å². The summed E-state index contributed by atoms with van der Waals surface area (Å²) in [5, 5.41) is 5.38. The van der Waals surface area contributed by atoms with Gasteiger partial charge in [0.15, 0.2) is 0 Å². The molecular weight excluding hydrogens is 447 g/mol. The highest BCUT2D eigenvalue weighted by molar-refractivity contribution is 7.10. The van der Waals surface area contributed by atoms with Gasteiger partial charge in [0.1, 0.15) is 11.9 Å². The van der Waals surface area contributed by atoms with E-state index in [9.17, 15) is 14.0 Å². The van der Waals surface area contributed by atoms with E-state index in [-0.39, 0.29) is 24.3 Å². The normalized spacial score (nSPS) is 14.8. The number of carbonyl (C=O) groups excluding carboxylic acids is 2. The maximum Gasteiger partial charge on any atom is 0.248 e. The van der Waals surface area contributed by atoms with Crippen molar-refractivity contribution in [1.82, 2.24) is 5.32 Å². The number of nitrogens with one attached hydrogen (secondary N) is 1. The molecule has 166 valence electrons. The second-order valence-electron chi connectivity index (χ2n) is 7.91. The lowest BCUT2D eigenvalue weighted by molar-refractivity contribution is -0.127. The molecule has 4 nitrogen and oxygen atoms in total. The fourth-order valence-electron chi connectivity index (χ4n) is 4.16. The quantitative estimate of drug-likeness (QED) is 0.466. The Bertz CT molecular complexity index is 1080. The molecule has 32 heavy (non-hydrogen) atoms. The molecule has 0 spiro atoms. The molecule has 1 atom stereocenters. The summed E-state index contributed by atoms with van der Waals surface area (Å²) < 4.78 is 14.2. The number of hydrogen-bond acceptors (Lipinski definition) is 3. The summed E-state index contributed by atoms with van der Waals surface area (Å²) >= 11 is 7.96. The molecule has 2 amide bonds. The molecule has 1 aliphatic carbocycles. The van der Waals surface area contributed by atoms with Crippen LogP contribution in [0.1, 0.15) is 42.2 Å². The van der Waals surface area contributed by atoms with Crippen molar-refractivity contribution in [2.45, 2.75) is 44.2 Å². The Balaban J connectivity index is 1.78. The monoisotopic (exact) mass is 470 g/mol. The summed E-state index contributed by atoms with van der Waals surface area (Å²) in [6.07, 6.45) is 4.04. The van der Waals surface area contributed by atoms with Crippen LogP contribution in [0, 0.1) is 5.82 Å². The molecular formula is C25H24ClFN2O2S. The van der Waals surface area contributed by atoms with Gasteiger partial charge in [-0.3, -0.25) is 14.5 Å². The molecule has 7 heteroatoms. The molecule has 1 unspecified atom stereocenters. The minimum atomic E-state index is -1.02. The minimum absolute atomic E-state index is 0.0641. The second kappa shape index (κ2) is 10.3. The van der Waals surface area contributed by atoms with Gasteiger partial charge in [0.25, 0.3) is 0 Å². The first-order valence-corrected chi connectivity index (χ1v) is 11.9. The number of rotatable bonds is 7. The van der Waals surface area contributed by atoms with Crippen LogP contribution in [0.4, 0.5) is 10.1 Å². The zero-order valence-corrected chi connectivity index (χ0v) is 19.0. The fraction of sp³-hybridized carbons (Fsp3) is 0.280. The van der Waals surface area contributed by atoms with Crippen molar-refractivity contribution in [3.05, 3.63) is 87.3 Å². The summed E-state index contributed by atoms with van der Waals surface area (Å²) in [6.45, 7) is 0. The SMILES string of the molecule is O=C(NC1CCCC1)C(c1ccccc1Cl)N(C(=O)Cc1cccs1)c1cccc(F)c1. The lowest BCUT2D eigenvalue weighted by atomic mass is 10.0. The maximum absolute atomic E-state index is 14.2. The summed E-state index contributed by atoms with van der Waals surface area (Å²) in [5.74, 6) is -1.09. The Labute approximate surface area is 196 Å². The number of hydrogen-bond donors (Lipinski definition) is 1. The average molecular weight is 471 g/mol. The summed E-state index contributed by atoms with van der Waals surface area (Å²) in [4.78, 5) is 29.4. The average Bonchev–Trinajstić information content (AvgIpc) is 3.47. The van der Waals surface area contributed by atoms with Crippen molar-refractivity contribution in [1.29, 1.82) is 0 Å². The lowest BCUT2D eigenvalue weighted by Crippen LogP contribution is -2.47. The Morgan fingerprint density at radius 3 is 2.56 bits per heavy atom. The van der Waals surface area contributed by atoms with Gasteiger partial charge in [-0.15, -0.1) is 11.3 Å². The molecule has 4 rings (SSSR count). The van der Waals surface area contributed by atoms with Gasteiger partial charge < -0.3 is 5.32 Å². The van der Waals surface area contributed by atoms with Gasteiger partial charge >= 0.3 is 0 Å². The second-order valence-corrected chi connectivity index (χ2v) is 9.35. The van der Waals surface area contributed by atoms with E-state index in [2.05, 4.69) is 5.32 Å². The van der Waals surface area contributed by atoms with Crippen LogP contribution in [-0.2, 0) is 16.0 Å². The van der Waals surface area contributed by atoms with Crippen molar-refractivity contribution in [3.63, 3.8) is 0 Å². The van der Waals surface area contributed by atoms with Crippen molar-refractivity contribution in [2.24, 2.45) is 0 Å². The standard InChI is InChI=1S/C25H24ClFN2O2S/c26-22-13-4-3-12-21(22)24(25(31)28-18-8-1-2-9-18)29(19-10-5-7-17(27)15-19)23(30)16-20-11-6-14-32-20/h3-7,10-15,18,24H,1-2,8-9,16H2,(H,28,31). The van der Waals surface area contributed by atoms with Gasteiger partial charge in [0, 0.05) is 27.2 Å². The van der Waals surface area contributed by atoms with E-state index in [1.165, 1.54) is 34.4 Å². The Morgan fingerprint density at radius 2 is 1.88 bits per heavy atom. The predicted molar refractivity (Wildman–Crippen MR) is 127 cm³/mol. The van der Waals surface area contributed by atoms with E-state index in [4.69, 9.17) is 11.6 Å². The van der Waals surface area contributed by atoms with E-state index < -0.39 is 11.9 Å². The van der Waals surface area contributed by atoms with Crippen molar-refractivity contribution in [3.8, 4) is 0 Å². The molecule has 1 N–H and O–H groups in total. The van der Waals surface area contributed by atoms with E-state index in [1.807, 2.05) is 17.5 Å². The molecule has 0 bridgehead atoms. The lowest BCUT2D eigenvalue weighted by Gasteiger charge is -2.33. The van der Waals surface area contributed by atoms with E-state index in [0.717, 1.165) is 30.6 Å². The van der Waals surface area contributed by atoms with Crippen LogP contribution >= 0.6 is 22.9 Å². The first kappa shape index (κ1) is 22.5. The maximum atomic E-state index is 14.2. The molecule has 1 aromatic heterocycles. The summed E-state index contributed by atoms with van der Waals surface area (Å²) in [6, 6.07) is 15.6. The zero-order valence-electron chi connectivity index (χ0n) is 17.5. The number of carbonyl (C=O) groups is 2. The van der Waals surface area contributed by atoms with Crippen LogP contribution in [0.2, 0.25) is 5.02 Å². The molecule has 2 aromatic carbocycles. The van der Waals surface area contributed by atoms with Gasteiger partial charge in [-0.1, -0.05) is 54.8 Å². The van der Waals surface area contributed by atoms with Crippen LogP contribution in [-0.4, -0.2) is 17.9 Å². The van der Waals surface area contributed by atoms with Gasteiger partial charge in [0.05, 0.1) is 6.42 Å². The largest absolute Gasteiger partial charge is 0.351 e. The van der Waals surface area contributed by atoms with Gasteiger partial charge in [-0.25, -0.2) is 4.39 Å². The first-order valence-electron chi connectivity index (χ1n) is 10.7. The molecule has 0 saturated heterocycles. The van der Waals surface area contributed by atoms with E-state index >= 15 is 0 Å².